The summed E-state index contributed by atoms with van der Waals surface area (Å²) in [5.74, 6) is -2.01. The lowest BCUT2D eigenvalue weighted by molar-refractivity contribution is -0.122. The van der Waals surface area contributed by atoms with Crippen molar-refractivity contribution >= 4 is 17.9 Å². The second kappa shape index (κ2) is 6.69. The van der Waals surface area contributed by atoms with Crippen LogP contribution in [0.15, 0.2) is 18.3 Å². The predicted molar refractivity (Wildman–Crippen MR) is 73.1 cm³/mol. The topological polar surface area (TPSA) is 118 Å². The second-order valence-corrected chi connectivity index (χ2v) is 5.20. The molecule has 0 fully saturated rings. The van der Waals surface area contributed by atoms with Crippen LogP contribution in [0, 0.1) is 0 Å². The Kier molecular flexibility index (Phi) is 5.23. The van der Waals surface area contributed by atoms with Gasteiger partial charge in [0, 0.05) is 11.7 Å². The van der Waals surface area contributed by atoms with Crippen LogP contribution in [0.1, 0.15) is 31.3 Å². The smallest absolute Gasteiger partial charge is 0.358 e. The maximum atomic E-state index is 11.5. The molecule has 3 N–H and O–H groups in total. The second-order valence-electron chi connectivity index (χ2n) is 5.20. The Morgan fingerprint density at radius 1 is 1.33 bits per heavy atom. The number of aromatic nitrogens is 1. The van der Waals surface area contributed by atoms with E-state index in [1.165, 1.54) is 18.3 Å². The fraction of sp³-hybridized carbons (Fsp3) is 0.385. The van der Waals surface area contributed by atoms with E-state index in [4.69, 9.17) is 9.84 Å². The number of carbonyl (C=O) groups excluding carboxylic acids is 2. The Balaban J connectivity index is 2.54. The van der Waals surface area contributed by atoms with Gasteiger partial charge in [-0.3, -0.25) is 10.1 Å². The number of ether oxygens (including phenoxy) is 1. The minimum Gasteiger partial charge on any atom is -0.481 e. The summed E-state index contributed by atoms with van der Waals surface area (Å²) in [6.45, 7) is 4.80. The van der Waals surface area contributed by atoms with Crippen molar-refractivity contribution in [1.29, 1.82) is 0 Å². The van der Waals surface area contributed by atoms with E-state index < -0.39 is 30.1 Å². The van der Waals surface area contributed by atoms with E-state index in [9.17, 15) is 14.4 Å². The number of imide groups is 1. The van der Waals surface area contributed by atoms with Crippen molar-refractivity contribution < 1.29 is 24.2 Å². The molecule has 0 saturated heterocycles. The van der Waals surface area contributed by atoms with Gasteiger partial charge in [0.25, 0.3) is 5.91 Å². The molecule has 0 aromatic carbocycles. The number of nitrogens with one attached hydrogen (secondary N) is 2. The summed E-state index contributed by atoms with van der Waals surface area (Å²) >= 11 is 0. The van der Waals surface area contributed by atoms with E-state index in [0.717, 1.165) is 0 Å². The third-order valence-electron chi connectivity index (χ3n) is 2.07. The largest absolute Gasteiger partial charge is 0.481 e. The van der Waals surface area contributed by atoms with Gasteiger partial charge in [0.2, 0.25) is 0 Å². The van der Waals surface area contributed by atoms with Gasteiger partial charge in [-0.05, 0) is 32.9 Å². The molecule has 0 saturated carbocycles. The summed E-state index contributed by atoms with van der Waals surface area (Å²) in [6, 6.07) is 2.20. The molecule has 8 nitrogen and oxygen atoms in total. The minimum atomic E-state index is -1.27. The lowest BCUT2D eigenvalue weighted by Crippen LogP contribution is -2.49. The number of carbonyl (C=O) groups is 3. The molecule has 0 bridgehead atoms. The molecule has 0 aliphatic rings. The number of aromatic carboxylic acids is 1. The number of nitrogens with zero attached hydrogens (tertiary/aromatic N) is 1. The van der Waals surface area contributed by atoms with Crippen LogP contribution < -0.4 is 15.4 Å². The van der Waals surface area contributed by atoms with E-state index >= 15 is 0 Å². The fourth-order valence-electron chi connectivity index (χ4n) is 1.35. The molecule has 0 aliphatic heterocycles. The number of urea groups is 1. The third-order valence-corrected chi connectivity index (χ3v) is 2.07. The summed E-state index contributed by atoms with van der Waals surface area (Å²) in [5, 5.41) is 13.5. The molecule has 0 unspecified atom stereocenters. The molecule has 0 radical (unpaired) electrons. The van der Waals surface area contributed by atoms with E-state index in [-0.39, 0.29) is 11.4 Å². The minimum absolute atomic E-state index is 0.0450. The predicted octanol–water partition coefficient (Wildman–Crippen LogP) is 0.783. The van der Waals surface area contributed by atoms with Crippen LogP contribution in [-0.2, 0) is 4.79 Å². The van der Waals surface area contributed by atoms with Crippen molar-refractivity contribution in [2.24, 2.45) is 0 Å². The zero-order valence-electron chi connectivity index (χ0n) is 12.0. The van der Waals surface area contributed by atoms with Crippen molar-refractivity contribution in [1.82, 2.24) is 15.6 Å². The van der Waals surface area contributed by atoms with Gasteiger partial charge < -0.3 is 15.2 Å². The summed E-state index contributed by atoms with van der Waals surface area (Å²) in [6.07, 6.45) is 1.30. The molecule has 0 spiro atoms. The van der Waals surface area contributed by atoms with Crippen molar-refractivity contribution in [2.45, 2.75) is 26.3 Å². The zero-order valence-corrected chi connectivity index (χ0v) is 12.0. The van der Waals surface area contributed by atoms with Gasteiger partial charge in [-0.15, -0.1) is 0 Å². The highest BCUT2D eigenvalue weighted by atomic mass is 16.5. The molecule has 1 aromatic heterocycles. The number of carboxylic acids is 1. The number of amides is 3. The highest BCUT2D eigenvalue weighted by Crippen LogP contribution is 2.14. The van der Waals surface area contributed by atoms with Crippen molar-refractivity contribution in [3.63, 3.8) is 0 Å². The van der Waals surface area contributed by atoms with Gasteiger partial charge >= 0.3 is 12.0 Å². The molecular weight excluding hydrogens is 278 g/mol. The number of carboxylic acid groups (broad SMARTS) is 1. The first-order valence-corrected chi connectivity index (χ1v) is 6.12. The van der Waals surface area contributed by atoms with Gasteiger partial charge in [-0.25, -0.2) is 14.6 Å². The number of pyridine rings is 1. The van der Waals surface area contributed by atoms with Crippen molar-refractivity contribution in [3.05, 3.63) is 24.0 Å². The third kappa shape index (κ3) is 5.89. The first kappa shape index (κ1) is 16.4. The Bertz CT molecular complexity index is 551. The average Bonchev–Trinajstić information content (AvgIpc) is 2.34. The average molecular weight is 295 g/mol. The van der Waals surface area contributed by atoms with Crippen LogP contribution in [0.5, 0.6) is 5.75 Å². The van der Waals surface area contributed by atoms with Crippen LogP contribution in [0.25, 0.3) is 0 Å². The SMILES string of the molecule is CC(C)(C)NC(=O)NC(=O)COc1cccnc1C(=O)O. The van der Waals surface area contributed by atoms with E-state index in [0.29, 0.717) is 0 Å². The maximum Gasteiger partial charge on any atom is 0.358 e. The molecular formula is C13H17N3O5. The van der Waals surface area contributed by atoms with E-state index in [1.807, 2.05) is 0 Å². The van der Waals surface area contributed by atoms with Crippen LogP contribution >= 0.6 is 0 Å². The summed E-state index contributed by atoms with van der Waals surface area (Å²) in [4.78, 5) is 37.5. The Hall–Kier alpha value is -2.64. The van der Waals surface area contributed by atoms with Crippen molar-refractivity contribution in [2.75, 3.05) is 6.61 Å². The summed E-state index contributed by atoms with van der Waals surface area (Å²) < 4.78 is 5.06. The first-order valence-electron chi connectivity index (χ1n) is 6.12. The maximum absolute atomic E-state index is 11.5. The highest BCUT2D eigenvalue weighted by Gasteiger charge is 2.17. The molecule has 1 rings (SSSR count). The fourth-order valence-corrected chi connectivity index (χ4v) is 1.35. The van der Waals surface area contributed by atoms with Gasteiger partial charge in [-0.1, -0.05) is 0 Å². The molecule has 21 heavy (non-hydrogen) atoms. The van der Waals surface area contributed by atoms with Crippen LogP contribution in [0.4, 0.5) is 4.79 Å². The number of rotatable bonds is 4. The molecule has 0 atom stereocenters. The van der Waals surface area contributed by atoms with Gasteiger partial charge in [0.1, 0.15) is 0 Å². The van der Waals surface area contributed by atoms with Gasteiger partial charge in [0.15, 0.2) is 18.1 Å². The van der Waals surface area contributed by atoms with E-state index in [1.54, 1.807) is 20.8 Å². The lowest BCUT2D eigenvalue weighted by atomic mass is 10.1. The molecule has 0 aliphatic carbocycles. The van der Waals surface area contributed by atoms with Crippen molar-refractivity contribution in [3.8, 4) is 5.75 Å². The van der Waals surface area contributed by atoms with Crippen LogP contribution in [0.2, 0.25) is 0 Å². The zero-order chi connectivity index (χ0) is 16.0. The van der Waals surface area contributed by atoms with E-state index in [2.05, 4.69) is 15.6 Å². The standard InChI is InChI=1S/C13H17N3O5/c1-13(2,3)16-12(20)15-9(17)7-21-8-5-4-6-14-10(8)11(18)19/h4-6H,7H2,1-3H3,(H,18,19)(H2,15,16,17,20). The number of hydrogen-bond acceptors (Lipinski definition) is 5. The summed E-state index contributed by atoms with van der Waals surface area (Å²) in [7, 11) is 0. The monoisotopic (exact) mass is 295 g/mol. The quantitative estimate of drug-likeness (QED) is 0.755. The first-order chi connectivity index (χ1) is 9.69. The normalized spacial score (nSPS) is 10.6. The Labute approximate surface area is 121 Å². The Morgan fingerprint density at radius 3 is 2.57 bits per heavy atom. The molecule has 1 aromatic rings. The number of hydrogen-bond donors (Lipinski definition) is 3. The molecule has 8 heteroatoms. The Morgan fingerprint density at radius 2 is 2.00 bits per heavy atom. The van der Waals surface area contributed by atoms with Crippen LogP contribution in [0.3, 0.4) is 0 Å². The molecule has 114 valence electrons. The van der Waals surface area contributed by atoms with Crippen LogP contribution in [-0.4, -0.2) is 40.1 Å². The van der Waals surface area contributed by atoms with Gasteiger partial charge in [-0.2, -0.15) is 0 Å². The lowest BCUT2D eigenvalue weighted by Gasteiger charge is -2.20. The summed E-state index contributed by atoms with van der Waals surface area (Å²) in [5.41, 5.74) is -0.783. The molecule has 1 heterocycles. The highest BCUT2D eigenvalue weighted by molar-refractivity contribution is 5.95. The van der Waals surface area contributed by atoms with Gasteiger partial charge in [0.05, 0.1) is 0 Å². The molecule has 3 amide bonds.